The third-order valence-electron chi connectivity index (χ3n) is 5.23. The molecular weight excluding hydrogens is 365 g/mol. The van der Waals surface area contributed by atoms with Crippen LogP contribution in [0.15, 0.2) is 35.1 Å². The van der Waals surface area contributed by atoms with Crippen molar-refractivity contribution < 1.29 is 23.8 Å². The average molecular weight is 387 g/mol. The molecule has 3 heterocycles. The number of rotatable bonds is 4. The molecular formula is C20H22FN3O4. The van der Waals surface area contributed by atoms with Gasteiger partial charge in [-0.3, -0.25) is 9.59 Å². The topological polar surface area (TPSA) is 82.4 Å². The summed E-state index contributed by atoms with van der Waals surface area (Å²) < 4.78 is 19.3. The van der Waals surface area contributed by atoms with Crippen molar-refractivity contribution >= 4 is 23.1 Å². The molecule has 1 atom stereocenters. The van der Waals surface area contributed by atoms with Gasteiger partial charge in [0.05, 0.1) is 25.7 Å². The molecule has 3 aliphatic heterocycles. The van der Waals surface area contributed by atoms with Crippen LogP contribution in [0.4, 0.5) is 10.1 Å². The highest BCUT2D eigenvalue weighted by Gasteiger charge is 2.29. The maximum absolute atomic E-state index is 13.9. The molecule has 28 heavy (non-hydrogen) atoms. The average Bonchev–Trinajstić information content (AvgIpc) is 3.13. The Hall–Kier alpha value is -2.58. The van der Waals surface area contributed by atoms with Gasteiger partial charge in [-0.05, 0) is 18.6 Å². The first-order chi connectivity index (χ1) is 13.5. The Morgan fingerprint density at radius 3 is 3.04 bits per heavy atom. The number of anilines is 1. The summed E-state index contributed by atoms with van der Waals surface area (Å²) in [4.78, 5) is 33.0. The number of aliphatic hydroxyl groups excluding tert-OH is 1. The molecule has 1 amide bonds. The van der Waals surface area contributed by atoms with E-state index in [1.807, 2.05) is 4.90 Å². The second-order valence-corrected chi connectivity index (χ2v) is 7.15. The SMILES string of the molecule is O=C1C=C(N2CCOC(CO)C2)N=C(CC(=O)N2CCc3c(F)cccc32)C1. The van der Waals surface area contributed by atoms with E-state index in [1.165, 1.54) is 12.1 Å². The van der Waals surface area contributed by atoms with E-state index >= 15 is 0 Å². The van der Waals surface area contributed by atoms with Crippen molar-refractivity contribution in [2.24, 2.45) is 4.99 Å². The van der Waals surface area contributed by atoms with Gasteiger partial charge in [0.15, 0.2) is 5.78 Å². The van der Waals surface area contributed by atoms with Crippen molar-refractivity contribution in [1.29, 1.82) is 0 Å². The molecule has 148 valence electrons. The molecule has 1 N–H and O–H groups in total. The van der Waals surface area contributed by atoms with Crippen molar-refractivity contribution in [2.45, 2.75) is 25.4 Å². The third-order valence-corrected chi connectivity index (χ3v) is 5.23. The second-order valence-electron chi connectivity index (χ2n) is 7.15. The molecule has 0 saturated carbocycles. The fraction of sp³-hybridized carbons (Fsp3) is 0.450. The molecule has 3 aliphatic rings. The number of benzene rings is 1. The number of allylic oxidation sites excluding steroid dienone is 1. The zero-order valence-electron chi connectivity index (χ0n) is 15.4. The summed E-state index contributed by atoms with van der Waals surface area (Å²) in [7, 11) is 0. The lowest BCUT2D eigenvalue weighted by Gasteiger charge is -2.34. The van der Waals surface area contributed by atoms with Gasteiger partial charge in [-0.25, -0.2) is 9.38 Å². The van der Waals surface area contributed by atoms with Gasteiger partial charge in [-0.2, -0.15) is 0 Å². The number of aliphatic imine (C=N–C) groups is 1. The molecule has 4 rings (SSSR count). The number of ketones is 1. The van der Waals surface area contributed by atoms with Crippen LogP contribution >= 0.6 is 0 Å². The van der Waals surface area contributed by atoms with E-state index in [0.717, 1.165) is 0 Å². The molecule has 1 unspecified atom stereocenters. The van der Waals surface area contributed by atoms with Crippen LogP contribution in [0.1, 0.15) is 18.4 Å². The molecule has 8 heteroatoms. The van der Waals surface area contributed by atoms with Crippen molar-refractivity contribution in [3.63, 3.8) is 0 Å². The van der Waals surface area contributed by atoms with E-state index in [0.29, 0.717) is 55.4 Å². The van der Waals surface area contributed by atoms with Gasteiger partial charge in [-0.15, -0.1) is 0 Å². The molecule has 0 aromatic heterocycles. The van der Waals surface area contributed by atoms with Crippen LogP contribution in [-0.2, 0) is 20.7 Å². The predicted molar refractivity (Wildman–Crippen MR) is 101 cm³/mol. The summed E-state index contributed by atoms with van der Waals surface area (Å²) in [5.74, 6) is -0.0808. The number of fused-ring (bicyclic) bond motifs is 1. The number of morpholine rings is 1. The fourth-order valence-corrected chi connectivity index (χ4v) is 3.85. The largest absolute Gasteiger partial charge is 0.394 e. The Morgan fingerprint density at radius 1 is 1.36 bits per heavy atom. The number of halogens is 1. The van der Waals surface area contributed by atoms with Gasteiger partial charge in [0.25, 0.3) is 0 Å². The maximum atomic E-state index is 13.9. The Morgan fingerprint density at radius 2 is 2.21 bits per heavy atom. The highest BCUT2D eigenvalue weighted by Crippen LogP contribution is 2.30. The van der Waals surface area contributed by atoms with Crippen molar-refractivity contribution in [3.05, 3.63) is 41.5 Å². The minimum atomic E-state index is -0.317. The van der Waals surface area contributed by atoms with Gasteiger partial charge in [0, 0.05) is 49.1 Å². The fourth-order valence-electron chi connectivity index (χ4n) is 3.85. The smallest absolute Gasteiger partial charge is 0.232 e. The molecule has 0 radical (unpaired) electrons. The molecule has 1 fully saturated rings. The standard InChI is InChI=1S/C20H22FN3O4/c21-17-2-1-3-18-16(17)4-5-24(18)20(27)9-13-8-14(26)10-19(22-13)23-6-7-28-15(11-23)12-25/h1-3,10,15,25H,4-9,11-12H2. The molecule has 1 saturated heterocycles. The van der Waals surface area contributed by atoms with E-state index < -0.39 is 0 Å². The number of hydrogen-bond donors (Lipinski definition) is 1. The number of hydrogen-bond acceptors (Lipinski definition) is 6. The third kappa shape index (κ3) is 3.70. The quantitative estimate of drug-likeness (QED) is 0.835. The first-order valence-electron chi connectivity index (χ1n) is 9.41. The summed E-state index contributed by atoms with van der Waals surface area (Å²) in [6.45, 7) is 1.78. The van der Waals surface area contributed by atoms with Crippen LogP contribution in [0, 0.1) is 5.82 Å². The van der Waals surface area contributed by atoms with Crippen LogP contribution < -0.4 is 4.90 Å². The zero-order chi connectivity index (χ0) is 19.7. The van der Waals surface area contributed by atoms with Crippen LogP contribution in [0.2, 0.25) is 0 Å². The van der Waals surface area contributed by atoms with Gasteiger partial charge < -0.3 is 19.6 Å². The highest BCUT2D eigenvalue weighted by atomic mass is 19.1. The van der Waals surface area contributed by atoms with Crippen LogP contribution in [0.5, 0.6) is 0 Å². The number of nitrogens with zero attached hydrogens (tertiary/aromatic N) is 3. The molecule has 1 aromatic carbocycles. The summed E-state index contributed by atoms with van der Waals surface area (Å²) in [6, 6.07) is 4.74. The van der Waals surface area contributed by atoms with Gasteiger partial charge in [0.2, 0.25) is 5.91 Å². The molecule has 7 nitrogen and oxygen atoms in total. The minimum Gasteiger partial charge on any atom is -0.394 e. The molecule has 0 aliphatic carbocycles. The van der Waals surface area contributed by atoms with E-state index in [2.05, 4.69) is 4.99 Å². The lowest BCUT2D eigenvalue weighted by molar-refractivity contribution is -0.117. The van der Waals surface area contributed by atoms with Crippen molar-refractivity contribution in [3.8, 4) is 0 Å². The summed E-state index contributed by atoms with van der Waals surface area (Å²) >= 11 is 0. The second kappa shape index (κ2) is 7.81. The summed E-state index contributed by atoms with van der Waals surface area (Å²) in [5, 5.41) is 9.30. The molecule has 0 bridgehead atoms. The normalized spacial score (nSPS) is 22.1. The number of ether oxygens (including phenoxy) is 1. The van der Waals surface area contributed by atoms with Crippen LogP contribution in [0.25, 0.3) is 0 Å². The highest BCUT2D eigenvalue weighted by molar-refractivity contribution is 6.16. The van der Waals surface area contributed by atoms with E-state index in [-0.39, 0.29) is 43.1 Å². The summed E-state index contributed by atoms with van der Waals surface area (Å²) in [6.07, 6.45) is 1.78. The zero-order valence-corrected chi connectivity index (χ0v) is 15.4. The van der Waals surface area contributed by atoms with Gasteiger partial charge >= 0.3 is 0 Å². The Bertz CT molecular complexity index is 867. The Balaban J connectivity index is 1.48. The lowest BCUT2D eigenvalue weighted by atomic mass is 10.1. The van der Waals surface area contributed by atoms with Gasteiger partial charge in [-0.1, -0.05) is 6.07 Å². The van der Waals surface area contributed by atoms with E-state index in [1.54, 1.807) is 17.0 Å². The van der Waals surface area contributed by atoms with Crippen LogP contribution in [0.3, 0.4) is 0 Å². The number of aliphatic hydroxyl groups is 1. The monoisotopic (exact) mass is 387 g/mol. The van der Waals surface area contributed by atoms with Crippen molar-refractivity contribution in [2.75, 3.05) is 37.7 Å². The first kappa shape index (κ1) is 18.8. The number of carbonyl (C=O) groups excluding carboxylic acids is 2. The minimum absolute atomic E-state index is 0.0206. The van der Waals surface area contributed by atoms with Gasteiger partial charge in [0.1, 0.15) is 11.6 Å². The van der Waals surface area contributed by atoms with E-state index in [9.17, 15) is 19.1 Å². The van der Waals surface area contributed by atoms with Crippen molar-refractivity contribution in [1.82, 2.24) is 4.90 Å². The molecule has 1 aromatic rings. The Kier molecular flexibility index (Phi) is 5.23. The van der Waals surface area contributed by atoms with E-state index in [4.69, 9.17) is 4.74 Å². The summed E-state index contributed by atoms with van der Waals surface area (Å²) in [5.41, 5.74) is 1.66. The number of carbonyl (C=O) groups is 2. The molecule has 0 spiro atoms. The first-order valence-corrected chi connectivity index (χ1v) is 9.41. The number of amides is 1. The maximum Gasteiger partial charge on any atom is 0.232 e. The predicted octanol–water partition coefficient (Wildman–Crippen LogP) is 1.05. The Labute approximate surface area is 162 Å². The van der Waals surface area contributed by atoms with Crippen LogP contribution in [-0.4, -0.2) is 66.4 Å². The lowest BCUT2D eigenvalue weighted by Crippen LogP contribution is -2.44.